The fourth-order valence-electron chi connectivity index (χ4n) is 5.15. The Labute approximate surface area is 190 Å². The molecule has 1 unspecified atom stereocenters. The number of aromatic nitrogens is 1. The van der Waals surface area contributed by atoms with Crippen LogP contribution in [-0.2, 0) is 11.2 Å². The van der Waals surface area contributed by atoms with Gasteiger partial charge in [0.1, 0.15) is 0 Å². The van der Waals surface area contributed by atoms with E-state index < -0.39 is 0 Å². The monoisotopic (exact) mass is 432 g/mol. The Morgan fingerprint density at radius 2 is 1.78 bits per heavy atom. The molecule has 2 amide bonds. The number of fused-ring (bicyclic) bond motifs is 1. The van der Waals surface area contributed by atoms with E-state index in [1.54, 1.807) is 0 Å². The van der Waals surface area contributed by atoms with Crippen molar-refractivity contribution in [2.75, 3.05) is 25.0 Å². The van der Waals surface area contributed by atoms with Gasteiger partial charge in [-0.3, -0.25) is 14.6 Å². The molecule has 0 spiro atoms. The van der Waals surface area contributed by atoms with Gasteiger partial charge in [-0.25, -0.2) is 0 Å². The van der Waals surface area contributed by atoms with E-state index in [9.17, 15) is 9.59 Å². The first-order valence-electron chi connectivity index (χ1n) is 12.0. The number of piperidine rings is 1. The molecule has 0 radical (unpaired) electrons. The summed E-state index contributed by atoms with van der Waals surface area (Å²) >= 11 is 0. The second kappa shape index (κ2) is 8.93. The highest BCUT2D eigenvalue weighted by atomic mass is 16.2. The van der Waals surface area contributed by atoms with Crippen molar-refractivity contribution in [3.8, 4) is 0 Å². The van der Waals surface area contributed by atoms with Crippen LogP contribution in [0.3, 0.4) is 0 Å². The number of hydrogen-bond donors (Lipinski definition) is 1. The highest BCUT2D eigenvalue weighted by Gasteiger charge is 2.33. The molecule has 6 nitrogen and oxygen atoms in total. The smallest absolute Gasteiger partial charge is 0.253 e. The number of nitrogens with one attached hydrogen (secondary N) is 1. The van der Waals surface area contributed by atoms with Crippen LogP contribution in [0.1, 0.15) is 66.1 Å². The summed E-state index contributed by atoms with van der Waals surface area (Å²) in [4.78, 5) is 34.1. The molecule has 3 aliphatic rings. The molecule has 2 aromatic rings. The normalized spacial score (nSPS) is 21.0. The fourth-order valence-corrected chi connectivity index (χ4v) is 5.15. The number of pyridine rings is 1. The van der Waals surface area contributed by atoms with Crippen LogP contribution < -0.4 is 10.2 Å². The first-order chi connectivity index (χ1) is 15.6. The molecule has 32 heavy (non-hydrogen) atoms. The van der Waals surface area contributed by atoms with Crippen molar-refractivity contribution in [3.63, 3.8) is 0 Å². The lowest BCUT2D eigenvalue weighted by atomic mass is 9.86. The lowest BCUT2D eigenvalue weighted by molar-refractivity contribution is -0.123. The first-order valence-corrected chi connectivity index (χ1v) is 12.0. The fraction of sp³-hybridized carbons (Fsp3) is 0.500. The molecular weight excluding hydrogens is 400 g/mol. The number of anilines is 1. The van der Waals surface area contributed by atoms with Gasteiger partial charge in [0.05, 0.1) is 6.04 Å². The van der Waals surface area contributed by atoms with Crippen molar-refractivity contribution in [1.29, 1.82) is 0 Å². The van der Waals surface area contributed by atoms with E-state index in [1.807, 2.05) is 48.6 Å². The van der Waals surface area contributed by atoms with E-state index in [-0.39, 0.29) is 29.8 Å². The lowest BCUT2D eigenvalue weighted by Crippen LogP contribution is -2.45. The Morgan fingerprint density at radius 3 is 2.50 bits per heavy atom. The standard InChI is InChI=1S/C26H32N4O2/c1-29(21-11-15-30(16-12-21)22-9-13-27-14-10-22)26(32)20-8-5-18-3-2-4-24(23(18)17-20)28-25(31)19-6-7-19/h5,8-10,13-14,17,19,21,24H,2-4,6-7,11-12,15-16H2,1H3,(H,28,31). The van der Waals surface area contributed by atoms with Crippen molar-refractivity contribution in [1.82, 2.24) is 15.2 Å². The summed E-state index contributed by atoms with van der Waals surface area (Å²) in [6, 6.07) is 10.5. The summed E-state index contributed by atoms with van der Waals surface area (Å²) in [6.07, 6.45) is 10.6. The molecule has 6 heteroatoms. The second-order valence-electron chi connectivity index (χ2n) is 9.48. The quantitative estimate of drug-likeness (QED) is 0.782. The maximum Gasteiger partial charge on any atom is 0.253 e. The van der Waals surface area contributed by atoms with Gasteiger partial charge in [0.15, 0.2) is 0 Å². The topological polar surface area (TPSA) is 65.5 Å². The minimum Gasteiger partial charge on any atom is -0.371 e. The Hall–Kier alpha value is -2.89. The molecule has 1 aliphatic heterocycles. The third-order valence-electron chi connectivity index (χ3n) is 7.33. The van der Waals surface area contributed by atoms with E-state index >= 15 is 0 Å². The molecule has 1 saturated carbocycles. The van der Waals surface area contributed by atoms with Crippen molar-refractivity contribution in [2.24, 2.45) is 5.92 Å². The Bertz CT molecular complexity index is 981. The molecule has 5 rings (SSSR count). The molecule has 2 aliphatic carbocycles. The molecule has 0 bridgehead atoms. The summed E-state index contributed by atoms with van der Waals surface area (Å²) in [5.41, 5.74) is 4.33. The molecule has 2 fully saturated rings. The summed E-state index contributed by atoms with van der Waals surface area (Å²) in [5.74, 6) is 0.458. The van der Waals surface area contributed by atoms with Gasteiger partial charge >= 0.3 is 0 Å². The highest BCUT2D eigenvalue weighted by molar-refractivity contribution is 5.94. The maximum absolute atomic E-state index is 13.3. The van der Waals surface area contributed by atoms with Crippen molar-refractivity contribution in [3.05, 3.63) is 59.4 Å². The molecule has 1 saturated heterocycles. The number of carbonyl (C=O) groups is 2. The summed E-state index contributed by atoms with van der Waals surface area (Å²) in [5, 5.41) is 3.24. The number of aryl methyl sites for hydroxylation is 1. The number of benzene rings is 1. The molecule has 1 atom stereocenters. The molecule has 2 heterocycles. The van der Waals surface area contributed by atoms with Gasteiger partial charge in [-0.15, -0.1) is 0 Å². The minimum atomic E-state index is 0.0357. The summed E-state index contributed by atoms with van der Waals surface area (Å²) in [7, 11) is 1.93. The van der Waals surface area contributed by atoms with Crippen molar-refractivity contribution >= 4 is 17.5 Å². The zero-order chi connectivity index (χ0) is 22.1. The van der Waals surface area contributed by atoms with E-state index in [1.165, 1.54) is 11.3 Å². The van der Waals surface area contributed by atoms with Crippen LogP contribution in [-0.4, -0.2) is 47.9 Å². The van der Waals surface area contributed by atoms with Crippen LogP contribution in [0.5, 0.6) is 0 Å². The van der Waals surface area contributed by atoms with Crippen LogP contribution in [0.15, 0.2) is 42.7 Å². The Morgan fingerprint density at radius 1 is 1.03 bits per heavy atom. The zero-order valence-electron chi connectivity index (χ0n) is 18.8. The average molecular weight is 433 g/mol. The van der Waals surface area contributed by atoms with Gasteiger partial charge in [0, 0.05) is 55.7 Å². The molecular formula is C26H32N4O2. The number of amides is 2. The van der Waals surface area contributed by atoms with E-state index in [2.05, 4.69) is 21.3 Å². The predicted molar refractivity (Wildman–Crippen MR) is 125 cm³/mol. The van der Waals surface area contributed by atoms with Crippen LogP contribution in [0.2, 0.25) is 0 Å². The number of rotatable bonds is 5. The SMILES string of the molecule is CN(C(=O)c1ccc2c(c1)C(NC(=O)C1CC1)CCC2)C1CCN(c2ccncc2)CC1. The first kappa shape index (κ1) is 21.0. The third kappa shape index (κ3) is 4.36. The van der Waals surface area contributed by atoms with Gasteiger partial charge in [-0.2, -0.15) is 0 Å². The van der Waals surface area contributed by atoms with Gasteiger partial charge in [-0.1, -0.05) is 6.07 Å². The van der Waals surface area contributed by atoms with Gasteiger partial charge in [0.2, 0.25) is 5.91 Å². The highest BCUT2D eigenvalue weighted by Crippen LogP contribution is 2.34. The number of hydrogen-bond acceptors (Lipinski definition) is 4. The largest absolute Gasteiger partial charge is 0.371 e. The minimum absolute atomic E-state index is 0.0357. The summed E-state index contributed by atoms with van der Waals surface area (Å²) in [6.45, 7) is 1.87. The van der Waals surface area contributed by atoms with E-state index in [0.717, 1.165) is 69.2 Å². The Balaban J connectivity index is 1.25. The van der Waals surface area contributed by atoms with E-state index in [0.29, 0.717) is 0 Å². The predicted octanol–water partition coefficient (Wildman–Crippen LogP) is 3.73. The van der Waals surface area contributed by atoms with Crippen molar-refractivity contribution < 1.29 is 9.59 Å². The molecule has 1 aromatic heterocycles. The van der Waals surface area contributed by atoms with Crippen LogP contribution in [0.25, 0.3) is 0 Å². The summed E-state index contributed by atoms with van der Waals surface area (Å²) < 4.78 is 0. The second-order valence-corrected chi connectivity index (χ2v) is 9.48. The van der Waals surface area contributed by atoms with Gasteiger partial charge < -0.3 is 15.1 Å². The van der Waals surface area contributed by atoms with Crippen LogP contribution in [0, 0.1) is 5.92 Å². The molecule has 1 aromatic carbocycles. The molecule has 1 N–H and O–H groups in total. The lowest BCUT2D eigenvalue weighted by Gasteiger charge is -2.38. The number of carbonyl (C=O) groups excluding carboxylic acids is 2. The van der Waals surface area contributed by atoms with E-state index in [4.69, 9.17) is 0 Å². The maximum atomic E-state index is 13.3. The Kier molecular flexibility index (Phi) is 5.85. The van der Waals surface area contributed by atoms with Gasteiger partial charge in [-0.05, 0) is 80.3 Å². The van der Waals surface area contributed by atoms with Crippen molar-refractivity contribution in [2.45, 2.75) is 57.0 Å². The van der Waals surface area contributed by atoms with Gasteiger partial charge in [0.25, 0.3) is 5.91 Å². The zero-order valence-corrected chi connectivity index (χ0v) is 18.8. The third-order valence-corrected chi connectivity index (χ3v) is 7.33. The molecule has 168 valence electrons. The number of nitrogens with zero attached hydrogens (tertiary/aromatic N) is 3. The van der Waals surface area contributed by atoms with Crippen LogP contribution in [0.4, 0.5) is 5.69 Å². The van der Waals surface area contributed by atoms with Crippen LogP contribution >= 0.6 is 0 Å². The average Bonchev–Trinajstić information content (AvgIpc) is 3.69.